The molecule has 0 saturated carbocycles. The minimum Gasteiger partial charge on any atom is -0.459 e. The van der Waals surface area contributed by atoms with Crippen LogP contribution in [0.4, 0.5) is 4.39 Å². The van der Waals surface area contributed by atoms with Gasteiger partial charge in [0.1, 0.15) is 5.82 Å². The molecule has 0 unspecified atom stereocenters. The highest BCUT2D eigenvalue weighted by Crippen LogP contribution is 2.41. The van der Waals surface area contributed by atoms with Crippen molar-refractivity contribution in [2.75, 3.05) is 6.54 Å². The third kappa shape index (κ3) is 4.27. The predicted molar refractivity (Wildman–Crippen MR) is 113 cm³/mol. The molecule has 0 N–H and O–H groups in total. The van der Waals surface area contributed by atoms with E-state index in [-0.39, 0.29) is 23.2 Å². The summed E-state index contributed by atoms with van der Waals surface area (Å²) in [6, 6.07) is 6.38. The Kier molecular flexibility index (Phi) is 5.68. The minimum absolute atomic E-state index is 0.270. The van der Waals surface area contributed by atoms with Gasteiger partial charge in [0, 0.05) is 33.5 Å². The number of carbonyl (C=O) groups excluding carboxylic acids is 2. The monoisotopic (exact) mass is 415 g/mol. The number of benzene rings is 1. The van der Waals surface area contributed by atoms with Crippen LogP contribution in [-0.2, 0) is 14.9 Å². The van der Waals surface area contributed by atoms with Crippen molar-refractivity contribution >= 4 is 28.8 Å². The molecule has 0 aliphatic carbocycles. The van der Waals surface area contributed by atoms with E-state index in [2.05, 4.69) is 19.9 Å². The Morgan fingerprint density at radius 2 is 1.90 bits per heavy atom. The molecule has 1 aromatic heterocycles. The largest absolute Gasteiger partial charge is 0.459 e. The average molecular weight is 416 g/mol. The third-order valence-electron chi connectivity index (χ3n) is 4.91. The molecule has 1 aliphatic rings. The second-order valence-corrected chi connectivity index (χ2v) is 9.63. The van der Waals surface area contributed by atoms with E-state index in [4.69, 9.17) is 4.74 Å². The van der Waals surface area contributed by atoms with Gasteiger partial charge in [-0.2, -0.15) is 0 Å². The first kappa shape index (κ1) is 21.2. The lowest BCUT2D eigenvalue weighted by molar-refractivity contribution is -0.140. The fraction of sp³-hybridized carbons (Fsp3) is 0.391. The number of halogens is 1. The number of carbonyl (C=O) groups is 2. The number of nitrogens with zero attached hydrogens (tertiary/aromatic N) is 1. The summed E-state index contributed by atoms with van der Waals surface area (Å²) >= 11 is 1.53. The van der Waals surface area contributed by atoms with Crippen molar-refractivity contribution in [3.63, 3.8) is 0 Å². The number of esters is 1. The quantitative estimate of drug-likeness (QED) is 0.645. The van der Waals surface area contributed by atoms with Gasteiger partial charge in [-0.1, -0.05) is 13.8 Å². The first-order valence-electron chi connectivity index (χ1n) is 9.61. The highest BCUT2D eigenvalue weighted by molar-refractivity contribution is 7.13. The van der Waals surface area contributed by atoms with E-state index in [9.17, 15) is 14.0 Å². The maximum atomic E-state index is 13.7. The van der Waals surface area contributed by atoms with Crippen LogP contribution in [0.1, 0.15) is 58.9 Å². The van der Waals surface area contributed by atoms with E-state index in [1.807, 2.05) is 6.92 Å². The number of thiophene rings is 1. The zero-order valence-electron chi connectivity index (χ0n) is 17.6. The number of aryl methyl sites for hydroxylation is 2. The summed E-state index contributed by atoms with van der Waals surface area (Å²) in [4.78, 5) is 29.6. The van der Waals surface area contributed by atoms with Crippen molar-refractivity contribution in [1.82, 2.24) is 4.90 Å². The Morgan fingerprint density at radius 3 is 2.52 bits per heavy atom. The van der Waals surface area contributed by atoms with Crippen LogP contribution < -0.4 is 0 Å². The van der Waals surface area contributed by atoms with Crippen LogP contribution in [0.25, 0.3) is 5.57 Å². The van der Waals surface area contributed by atoms with Crippen molar-refractivity contribution in [3.05, 3.63) is 62.7 Å². The Morgan fingerprint density at radius 1 is 1.21 bits per heavy atom. The third-order valence-corrected chi connectivity index (χ3v) is 5.99. The molecule has 29 heavy (non-hydrogen) atoms. The van der Waals surface area contributed by atoms with E-state index < -0.39 is 5.97 Å². The molecule has 2 heterocycles. The molecule has 1 aromatic carbocycles. The maximum Gasteiger partial charge on any atom is 0.341 e. The zero-order valence-corrected chi connectivity index (χ0v) is 18.4. The van der Waals surface area contributed by atoms with Gasteiger partial charge < -0.3 is 9.64 Å². The van der Waals surface area contributed by atoms with Crippen LogP contribution >= 0.6 is 11.3 Å². The molecule has 0 spiro atoms. The van der Waals surface area contributed by atoms with Gasteiger partial charge in [-0.25, -0.2) is 9.18 Å². The van der Waals surface area contributed by atoms with Crippen molar-refractivity contribution < 1.29 is 18.7 Å². The summed E-state index contributed by atoms with van der Waals surface area (Å²) in [5.74, 6) is -1.08. The molecule has 0 fully saturated rings. The molecule has 154 valence electrons. The lowest BCUT2D eigenvalue weighted by atomic mass is 9.84. The summed E-state index contributed by atoms with van der Waals surface area (Å²) < 4.78 is 19.1. The normalized spacial score (nSPS) is 15.6. The highest BCUT2D eigenvalue weighted by atomic mass is 32.1. The summed E-state index contributed by atoms with van der Waals surface area (Å²) in [7, 11) is 0. The predicted octanol–water partition coefficient (Wildman–Crippen LogP) is 5.23. The van der Waals surface area contributed by atoms with E-state index in [1.54, 1.807) is 31.9 Å². The summed E-state index contributed by atoms with van der Waals surface area (Å²) in [6.45, 7) is 11.7. The lowest BCUT2D eigenvalue weighted by Gasteiger charge is -2.29. The lowest BCUT2D eigenvalue weighted by Crippen LogP contribution is -2.36. The van der Waals surface area contributed by atoms with Crippen LogP contribution in [0, 0.1) is 19.7 Å². The van der Waals surface area contributed by atoms with E-state index >= 15 is 0 Å². The Bertz CT molecular complexity index is 1000. The average Bonchev–Trinajstić information content (AvgIpc) is 2.97. The Hall–Kier alpha value is -2.47. The number of ether oxygens (including phenoxy) is 1. The molecular formula is C23H26FNO3S. The molecule has 6 heteroatoms. The van der Waals surface area contributed by atoms with E-state index in [0.717, 1.165) is 15.3 Å². The van der Waals surface area contributed by atoms with Crippen LogP contribution in [0.15, 0.2) is 30.5 Å². The SMILES string of the molecule is Cc1cc2c(s1)C(C(=O)OC(C)C)=CN(C(=O)c1ccc(F)c(C)c1)CC2(C)C. The molecule has 0 bridgehead atoms. The summed E-state index contributed by atoms with van der Waals surface area (Å²) in [6.07, 6.45) is 1.32. The highest BCUT2D eigenvalue weighted by Gasteiger charge is 2.36. The van der Waals surface area contributed by atoms with E-state index in [1.165, 1.54) is 29.5 Å². The molecular weight excluding hydrogens is 389 g/mol. The standard InChI is InChI=1S/C23H26FNO3S/c1-13(2)28-22(27)17-11-25(21(26)16-7-8-19(24)14(3)9-16)12-23(5,6)18-10-15(4)29-20(17)18/h7-11,13H,12H2,1-6H3. The fourth-order valence-corrected chi connectivity index (χ4v) is 4.68. The number of hydrogen-bond acceptors (Lipinski definition) is 4. The van der Waals surface area contributed by atoms with Crippen LogP contribution in [0.2, 0.25) is 0 Å². The molecule has 1 amide bonds. The van der Waals surface area contributed by atoms with Gasteiger partial charge in [0.05, 0.1) is 11.7 Å². The van der Waals surface area contributed by atoms with Crippen LogP contribution in [0.5, 0.6) is 0 Å². The fourth-order valence-electron chi connectivity index (χ4n) is 3.49. The molecule has 1 aliphatic heterocycles. The van der Waals surface area contributed by atoms with E-state index in [0.29, 0.717) is 23.2 Å². The van der Waals surface area contributed by atoms with Crippen LogP contribution in [-0.4, -0.2) is 29.4 Å². The number of hydrogen-bond donors (Lipinski definition) is 0. The Labute approximate surface area is 175 Å². The zero-order chi connectivity index (χ0) is 21.5. The van der Waals surface area contributed by atoms with Gasteiger partial charge in [0.15, 0.2) is 0 Å². The van der Waals surface area contributed by atoms with Gasteiger partial charge in [0.2, 0.25) is 0 Å². The summed E-state index contributed by atoms with van der Waals surface area (Å²) in [5.41, 5.74) is 1.82. The van der Waals surface area contributed by atoms with Crippen molar-refractivity contribution in [1.29, 1.82) is 0 Å². The maximum absolute atomic E-state index is 13.7. The topological polar surface area (TPSA) is 46.6 Å². The first-order valence-corrected chi connectivity index (χ1v) is 10.4. The summed E-state index contributed by atoms with van der Waals surface area (Å²) in [5, 5.41) is 0. The van der Waals surface area contributed by atoms with Crippen molar-refractivity contribution in [3.8, 4) is 0 Å². The van der Waals surface area contributed by atoms with Crippen molar-refractivity contribution in [2.24, 2.45) is 0 Å². The first-order chi connectivity index (χ1) is 13.5. The van der Waals surface area contributed by atoms with Gasteiger partial charge in [-0.3, -0.25) is 4.79 Å². The molecule has 3 rings (SSSR count). The molecule has 0 atom stereocenters. The van der Waals surface area contributed by atoms with Gasteiger partial charge in [-0.05, 0) is 63.1 Å². The van der Waals surface area contributed by atoms with Gasteiger partial charge in [0.25, 0.3) is 5.91 Å². The molecule has 2 aromatic rings. The van der Waals surface area contributed by atoms with Gasteiger partial charge in [-0.15, -0.1) is 11.3 Å². The second kappa shape index (κ2) is 7.75. The van der Waals surface area contributed by atoms with Gasteiger partial charge >= 0.3 is 5.97 Å². The van der Waals surface area contributed by atoms with Crippen LogP contribution in [0.3, 0.4) is 0 Å². The Balaban J connectivity index is 2.11. The minimum atomic E-state index is -0.450. The smallest absolute Gasteiger partial charge is 0.341 e. The molecule has 0 saturated heterocycles. The second-order valence-electron chi connectivity index (χ2n) is 8.38. The molecule has 4 nitrogen and oxygen atoms in total. The number of rotatable bonds is 3. The molecule has 0 radical (unpaired) electrons. The number of fused-ring (bicyclic) bond motifs is 1. The van der Waals surface area contributed by atoms with Crippen molar-refractivity contribution in [2.45, 2.75) is 53.1 Å². The number of amides is 1.